The van der Waals surface area contributed by atoms with Crippen molar-refractivity contribution in [3.63, 3.8) is 0 Å². The number of fused-ring (bicyclic) bond motifs is 2. The Kier molecular flexibility index (Phi) is 7.01. The number of ether oxygens (including phenoxy) is 2. The number of nitrogens with one attached hydrogen (secondary N) is 1. The molecule has 0 radical (unpaired) electrons. The minimum absolute atomic E-state index is 0.0578. The average Bonchev–Trinajstić information content (AvgIpc) is 3.29. The van der Waals surface area contributed by atoms with Crippen LogP contribution >= 0.6 is 0 Å². The van der Waals surface area contributed by atoms with Crippen LogP contribution in [0.15, 0.2) is 54.1 Å². The number of benzene rings is 2. The van der Waals surface area contributed by atoms with Crippen molar-refractivity contribution in [3.8, 4) is 0 Å². The van der Waals surface area contributed by atoms with E-state index in [0.29, 0.717) is 38.2 Å². The average molecular weight is 518 g/mol. The maximum atomic E-state index is 13.2. The van der Waals surface area contributed by atoms with Gasteiger partial charge in [-0.1, -0.05) is 36.4 Å². The first kappa shape index (κ1) is 26.0. The molecule has 0 saturated carbocycles. The van der Waals surface area contributed by atoms with Crippen molar-refractivity contribution >= 4 is 23.5 Å². The highest BCUT2D eigenvalue weighted by molar-refractivity contribution is 5.94. The Bertz CT molecular complexity index is 1270. The van der Waals surface area contributed by atoms with E-state index in [2.05, 4.69) is 17.4 Å². The van der Waals surface area contributed by atoms with E-state index in [1.807, 2.05) is 57.2 Å². The van der Waals surface area contributed by atoms with E-state index in [1.54, 1.807) is 9.80 Å². The maximum Gasteiger partial charge on any atom is 0.410 e. The molecule has 2 atom stereocenters. The smallest absolute Gasteiger partial charge is 0.410 e. The summed E-state index contributed by atoms with van der Waals surface area (Å²) >= 11 is 0. The predicted octanol–water partition coefficient (Wildman–Crippen LogP) is 3.97. The van der Waals surface area contributed by atoms with E-state index in [0.717, 1.165) is 12.0 Å². The zero-order valence-electron chi connectivity index (χ0n) is 22.5. The Morgan fingerprint density at radius 1 is 0.921 bits per heavy atom. The number of amides is 2. The van der Waals surface area contributed by atoms with Crippen molar-refractivity contribution < 1.29 is 23.9 Å². The molecule has 1 aliphatic carbocycles. The van der Waals surface area contributed by atoms with Crippen LogP contribution in [0.25, 0.3) is 5.57 Å². The first-order valence-electron chi connectivity index (χ1n) is 13.2. The van der Waals surface area contributed by atoms with Crippen LogP contribution in [0.3, 0.4) is 0 Å². The van der Waals surface area contributed by atoms with Gasteiger partial charge in [-0.25, -0.2) is 4.79 Å². The molecule has 1 fully saturated rings. The molecular weight excluding hydrogens is 482 g/mol. The first-order valence-corrected chi connectivity index (χ1v) is 13.2. The van der Waals surface area contributed by atoms with Gasteiger partial charge in [-0.05, 0) is 73.6 Å². The summed E-state index contributed by atoms with van der Waals surface area (Å²) in [4.78, 5) is 41.5. The minimum atomic E-state index is -0.548. The molecule has 0 aromatic heterocycles. The molecule has 2 amide bonds. The van der Waals surface area contributed by atoms with Crippen molar-refractivity contribution in [1.82, 2.24) is 15.1 Å². The number of carbonyl (C=O) groups excluding carboxylic acids is 3. The van der Waals surface area contributed by atoms with Gasteiger partial charge in [-0.2, -0.15) is 0 Å². The number of esters is 1. The number of nitrogens with zero attached hydrogens (tertiary/aromatic N) is 2. The van der Waals surface area contributed by atoms with Crippen molar-refractivity contribution in [1.29, 1.82) is 0 Å². The molecule has 2 aliphatic heterocycles. The highest BCUT2D eigenvalue weighted by atomic mass is 16.6. The lowest BCUT2D eigenvalue weighted by molar-refractivity contribution is -0.143. The Morgan fingerprint density at radius 2 is 1.58 bits per heavy atom. The molecule has 2 aromatic rings. The SMILES string of the molecule is COC(=O)[C@H]1CC2=C(Cc3ccccc32)[C@H](c2ccc(C(=O)N3CCN(C(=O)OC(C)(C)C)CC3)cc2)N1. The molecule has 38 heavy (non-hydrogen) atoms. The molecular formula is C30H35N3O5. The Morgan fingerprint density at radius 3 is 2.24 bits per heavy atom. The van der Waals surface area contributed by atoms with Crippen LogP contribution in [0, 0.1) is 0 Å². The summed E-state index contributed by atoms with van der Waals surface area (Å²) < 4.78 is 10.5. The van der Waals surface area contributed by atoms with Gasteiger partial charge in [0.05, 0.1) is 13.2 Å². The molecule has 2 aromatic carbocycles. The van der Waals surface area contributed by atoms with Crippen LogP contribution < -0.4 is 5.32 Å². The quantitative estimate of drug-likeness (QED) is 0.620. The standard InChI is InChI=1S/C30H35N3O5/c1-30(2,3)38-29(36)33-15-13-32(14-16-33)27(34)20-11-9-19(10-12-20)26-24-17-21-7-5-6-8-22(21)23(24)18-25(31-26)28(35)37-4/h5-12,25-26,31H,13-18H2,1-4H3/t25-,26+/m1/s1. The van der Waals surface area contributed by atoms with Gasteiger partial charge in [-0.15, -0.1) is 0 Å². The first-order chi connectivity index (χ1) is 18.1. The predicted molar refractivity (Wildman–Crippen MR) is 144 cm³/mol. The van der Waals surface area contributed by atoms with Crippen LogP contribution in [0.5, 0.6) is 0 Å². The normalized spacial score (nSPS) is 21.1. The molecule has 3 aliphatic rings. The van der Waals surface area contributed by atoms with Gasteiger partial charge in [0.25, 0.3) is 5.91 Å². The summed E-state index contributed by atoms with van der Waals surface area (Å²) in [5, 5.41) is 3.49. The van der Waals surface area contributed by atoms with Gasteiger partial charge < -0.3 is 19.3 Å². The van der Waals surface area contributed by atoms with Crippen molar-refractivity contribution in [2.75, 3.05) is 33.3 Å². The summed E-state index contributed by atoms with van der Waals surface area (Å²) in [6.45, 7) is 7.33. The Labute approximate surface area is 223 Å². The number of carbonyl (C=O) groups is 3. The summed E-state index contributed by atoms with van der Waals surface area (Å²) in [6, 6.07) is 15.4. The lowest BCUT2D eigenvalue weighted by Gasteiger charge is -2.35. The number of methoxy groups -OCH3 is 1. The zero-order chi connectivity index (χ0) is 27.0. The molecule has 200 valence electrons. The van der Waals surface area contributed by atoms with E-state index in [-0.39, 0.29) is 24.0 Å². The second-order valence-electron chi connectivity index (χ2n) is 11.1. The fourth-order valence-corrected chi connectivity index (χ4v) is 5.55. The van der Waals surface area contributed by atoms with E-state index >= 15 is 0 Å². The monoisotopic (exact) mass is 517 g/mol. The number of hydrogen-bond donors (Lipinski definition) is 1. The van der Waals surface area contributed by atoms with E-state index < -0.39 is 11.6 Å². The van der Waals surface area contributed by atoms with Crippen LogP contribution in [0.1, 0.15) is 60.3 Å². The molecule has 1 saturated heterocycles. The molecule has 0 spiro atoms. The van der Waals surface area contributed by atoms with Crippen molar-refractivity contribution in [2.24, 2.45) is 0 Å². The maximum absolute atomic E-state index is 13.2. The van der Waals surface area contributed by atoms with Crippen molar-refractivity contribution in [2.45, 2.75) is 51.3 Å². The molecule has 8 nitrogen and oxygen atoms in total. The van der Waals surface area contributed by atoms with Crippen molar-refractivity contribution in [3.05, 3.63) is 76.4 Å². The lowest BCUT2D eigenvalue weighted by atomic mass is 9.86. The molecule has 8 heteroatoms. The fourth-order valence-electron chi connectivity index (χ4n) is 5.55. The number of rotatable bonds is 3. The molecule has 0 bridgehead atoms. The third-order valence-electron chi connectivity index (χ3n) is 7.43. The Hall–Kier alpha value is -3.65. The van der Waals surface area contributed by atoms with Gasteiger partial charge in [0, 0.05) is 31.7 Å². The summed E-state index contributed by atoms with van der Waals surface area (Å²) in [6.07, 6.45) is 1.09. The number of piperazine rings is 1. The molecule has 2 heterocycles. The number of hydrogen-bond acceptors (Lipinski definition) is 6. The summed E-state index contributed by atoms with van der Waals surface area (Å²) in [7, 11) is 1.42. The second-order valence-corrected chi connectivity index (χ2v) is 11.1. The van der Waals surface area contributed by atoms with Gasteiger partial charge >= 0.3 is 12.1 Å². The zero-order valence-corrected chi connectivity index (χ0v) is 22.5. The van der Waals surface area contributed by atoms with Gasteiger partial charge in [0.2, 0.25) is 0 Å². The van der Waals surface area contributed by atoms with Crippen LogP contribution in [0.4, 0.5) is 4.79 Å². The highest BCUT2D eigenvalue weighted by Gasteiger charge is 2.37. The largest absolute Gasteiger partial charge is 0.468 e. The van der Waals surface area contributed by atoms with E-state index in [4.69, 9.17) is 9.47 Å². The van der Waals surface area contributed by atoms with Crippen LogP contribution in [-0.2, 0) is 20.7 Å². The van der Waals surface area contributed by atoms with Gasteiger partial charge in [-0.3, -0.25) is 14.9 Å². The fraction of sp³-hybridized carbons (Fsp3) is 0.433. The van der Waals surface area contributed by atoms with E-state index in [9.17, 15) is 14.4 Å². The minimum Gasteiger partial charge on any atom is -0.468 e. The summed E-state index contributed by atoms with van der Waals surface area (Å²) in [5.41, 5.74) is 6.02. The third-order valence-corrected chi connectivity index (χ3v) is 7.43. The van der Waals surface area contributed by atoms with Crippen LogP contribution in [0.2, 0.25) is 0 Å². The van der Waals surface area contributed by atoms with Gasteiger partial charge in [0.1, 0.15) is 11.6 Å². The van der Waals surface area contributed by atoms with Crippen LogP contribution in [-0.4, -0.2) is 72.7 Å². The van der Waals surface area contributed by atoms with Gasteiger partial charge in [0.15, 0.2) is 0 Å². The molecule has 0 unspecified atom stereocenters. The van der Waals surface area contributed by atoms with E-state index in [1.165, 1.54) is 29.4 Å². The Balaban J connectivity index is 1.29. The topological polar surface area (TPSA) is 88.2 Å². The lowest BCUT2D eigenvalue weighted by Crippen LogP contribution is -2.51. The molecule has 1 N–H and O–H groups in total. The summed E-state index contributed by atoms with van der Waals surface area (Å²) in [5.74, 6) is -0.333. The third kappa shape index (κ3) is 5.18. The second kappa shape index (κ2) is 10.3. The molecule has 5 rings (SSSR count). The highest BCUT2D eigenvalue weighted by Crippen LogP contribution is 2.44.